The lowest BCUT2D eigenvalue weighted by Gasteiger charge is -2.16. The highest BCUT2D eigenvalue weighted by molar-refractivity contribution is 7.86. The molecule has 0 aliphatic carbocycles. The second-order valence-electron chi connectivity index (χ2n) is 8.39. The Kier molecular flexibility index (Phi) is 20.1. The minimum Gasteiger partial charge on any atom is -0.283 e. The van der Waals surface area contributed by atoms with E-state index in [1.54, 1.807) is 0 Å². The van der Waals surface area contributed by atoms with Crippen LogP contribution < -0.4 is 0 Å². The largest absolute Gasteiger partial charge is 0.283 e. The van der Waals surface area contributed by atoms with Gasteiger partial charge in [-0.3, -0.25) is 9.08 Å². The molecule has 0 aromatic rings. The van der Waals surface area contributed by atoms with Crippen LogP contribution in [0.2, 0.25) is 0 Å². The molecule has 0 amide bonds. The summed E-state index contributed by atoms with van der Waals surface area (Å²) in [4.78, 5) is 1.96. The summed E-state index contributed by atoms with van der Waals surface area (Å²) in [6.07, 6.45) is 22.5. The Morgan fingerprint density at radius 3 is 1.39 bits per heavy atom. The minimum absolute atomic E-state index is 0.111. The van der Waals surface area contributed by atoms with Gasteiger partial charge in [-0.2, -0.15) is 8.42 Å². The zero-order valence-corrected chi connectivity index (χ0v) is 20.0. The van der Waals surface area contributed by atoms with Crippen LogP contribution in [0.15, 0.2) is 0 Å². The van der Waals surface area contributed by atoms with E-state index in [0.717, 1.165) is 13.0 Å². The van der Waals surface area contributed by atoms with Gasteiger partial charge in [0.25, 0.3) is 10.1 Å². The highest BCUT2D eigenvalue weighted by Crippen LogP contribution is 2.13. The molecule has 0 aromatic carbocycles. The molecule has 28 heavy (non-hydrogen) atoms. The van der Waals surface area contributed by atoms with Crippen molar-refractivity contribution in [2.45, 2.75) is 123 Å². The van der Waals surface area contributed by atoms with Crippen molar-refractivity contribution < 1.29 is 12.6 Å². The molecule has 0 spiro atoms. The molecule has 0 bridgehead atoms. The van der Waals surface area contributed by atoms with Crippen molar-refractivity contribution in [3.8, 4) is 0 Å². The van der Waals surface area contributed by atoms with Crippen LogP contribution in [0.25, 0.3) is 0 Å². The second kappa shape index (κ2) is 20.2. The standard InChI is InChI=1S/C23H49NO3S/c1-4-6-7-8-9-10-11-12-13-14-15-16-17-18-19-20-21-24(3)23-27-28(25,26)22-5-2/h4-23H2,1-3H3. The normalized spacial score (nSPS) is 12.1. The lowest BCUT2D eigenvalue weighted by Crippen LogP contribution is -2.26. The monoisotopic (exact) mass is 419 g/mol. The number of nitrogens with zero attached hydrogens (tertiary/aromatic N) is 1. The van der Waals surface area contributed by atoms with E-state index in [2.05, 4.69) is 6.92 Å². The van der Waals surface area contributed by atoms with E-state index in [9.17, 15) is 8.42 Å². The predicted octanol–water partition coefficient (Wildman–Crippen LogP) is 6.89. The van der Waals surface area contributed by atoms with Gasteiger partial charge in [0, 0.05) is 6.54 Å². The Balaban J connectivity index is 3.25. The van der Waals surface area contributed by atoms with Gasteiger partial charge in [-0.25, -0.2) is 0 Å². The number of rotatable bonds is 22. The summed E-state index contributed by atoms with van der Waals surface area (Å²) in [5, 5.41) is 0. The summed E-state index contributed by atoms with van der Waals surface area (Å²) in [7, 11) is -1.41. The molecule has 0 saturated heterocycles. The van der Waals surface area contributed by atoms with E-state index in [4.69, 9.17) is 4.18 Å². The van der Waals surface area contributed by atoms with Crippen molar-refractivity contribution >= 4 is 10.1 Å². The highest BCUT2D eigenvalue weighted by Gasteiger charge is 2.10. The summed E-state index contributed by atoms with van der Waals surface area (Å²) >= 11 is 0. The molecule has 0 atom stereocenters. The van der Waals surface area contributed by atoms with Gasteiger partial charge < -0.3 is 0 Å². The van der Waals surface area contributed by atoms with Gasteiger partial charge in [0.15, 0.2) is 0 Å². The molecule has 0 fully saturated rings. The van der Waals surface area contributed by atoms with Crippen molar-refractivity contribution in [3.05, 3.63) is 0 Å². The molecule has 170 valence electrons. The Morgan fingerprint density at radius 2 is 1.00 bits per heavy atom. The topological polar surface area (TPSA) is 46.6 Å². The van der Waals surface area contributed by atoms with E-state index in [0.29, 0.717) is 6.42 Å². The van der Waals surface area contributed by atoms with Crippen LogP contribution >= 0.6 is 0 Å². The Labute approximate surface area is 176 Å². The smallest absolute Gasteiger partial charge is 0.268 e. The lowest BCUT2D eigenvalue weighted by atomic mass is 10.0. The molecule has 0 rings (SSSR count). The highest BCUT2D eigenvalue weighted by atomic mass is 32.2. The molecule has 5 heteroatoms. The zero-order chi connectivity index (χ0) is 20.9. The third kappa shape index (κ3) is 20.6. The first-order valence-electron chi connectivity index (χ1n) is 12.1. The molecule has 0 N–H and O–H groups in total. The van der Waals surface area contributed by atoms with E-state index in [1.807, 2.05) is 18.9 Å². The van der Waals surface area contributed by atoms with Crippen LogP contribution in [0, 0.1) is 0 Å². The first-order chi connectivity index (χ1) is 13.5. The predicted molar refractivity (Wildman–Crippen MR) is 122 cm³/mol. The molecule has 4 nitrogen and oxygen atoms in total. The quantitative estimate of drug-likeness (QED) is 0.109. The molecule has 0 radical (unpaired) electrons. The fraction of sp³-hybridized carbons (Fsp3) is 1.00. The third-order valence-corrected chi connectivity index (χ3v) is 6.67. The van der Waals surface area contributed by atoms with Gasteiger partial charge in [-0.05, 0) is 19.9 Å². The summed E-state index contributed by atoms with van der Waals surface area (Å²) in [5.74, 6) is 0.111. The van der Waals surface area contributed by atoms with Gasteiger partial charge in [0.05, 0.1) is 5.75 Å². The van der Waals surface area contributed by atoms with E-state index < -0.39 is 10.1 Å². The van der Waals surface area contributed by atoms with Crippen molar-refractivity contribution in [2.75, 3.05) is 26.1 Å². The fourth-order valence-electron chi connectivity index (χ4n) is 3.47. The van der Waals surface area contributed by atoms with Crippen LogP contribution in [0.1, 0.15) is 123 Å². The number of hydrogen-bond acceptors (Lipinski definition) is 4. The Morgan fingerprint density at radius 1 is 0.607 bits per heavy atom. The average molecular weight is 420 g/mol. The third-order valence-electron chi connectivity index (χ3n) is 5.30. The summed E-state index contributed by atoms with van der Waals surface area (Å²) < 4.78 is 28.0. The van der Waals surface area contributed by atoms with Gasteiger partial charge in [0.1, 0.15) is 6.73 Å². The van der Waals surface area contributed by atoms with Gasteiger partial charge in [-0.15, -0.1) is 0 Å². The summed E-state index contributed by atoms with van der Waals surface area (Å²) in [5.41, 5.74) is 0. The molecule has 0 aromatic heterocycles. The maximum absolute atomic E-state index is 11.5. The van der Waals surface area contributed by atoms with Crippen LogP contribution in [-0.4, -0.2) is 39.4 Å². The molecule has 0 heterocycles. The van der Waals surface area contributed by atoms with Crippen LogP contribution in [0.5, 0.6) is 0 Å². The fourth-order valence-corrected chi connectivity index (χ4v) is 4.43. The Hall–Kier alpha value is -0.130. The van der Waals surface area contributed by atoms with E-state index >= 15 is 0 Å². The maximum atomic E-state index is 11.5. The summed E-state index contributed by atoms with van der Waals surface area (Å²) in [6, 6.07) is 0. The van der Waals surface area contributed by atoms with Crippen LogP contribution in [0.4, 0.5) is 0 Å². The van der Waals surface area contributed by atoms with Crippen molar-refractivity contribution in [3.63, 3.8) is 0 Å². The Bertz CT molecular complexity index is 412. The first kappa shape index (κ1) is 27.9. The van der Waals surface area contributed by atoms with Crippen LogP contribution in [-0.2, 0) is 14.3 Å². The van der Waals surface area contributed by atoms with Gasteiger partial charge in [0.2, 0.25) is 0 Å². The van der Waals surface area contributed by atoms with E-state index in [-0.39, 0.29) is 12.5 Å². The lowest BCUT2D eigenvalue weighted by molar-refractivity contribution is 0.156. The SMILES string of the molecule is CCCCCCCCCCCCCCCCCCN(C)COS(=O)(=O)CCC. The van der Waals surface area contributed by atoms with Gasteiger partial charge in [-0.1, -0.05) is 110 Å². The number of hydrogen-bond donors (Lipinski definition) is 0. The van der Waals surface area contributed by atoms with E-state index in [1.165, 1.54) is 96.3 Å². The minimum atomic E-state index is -3.33. The first-order valence-corrected chi connectivity index (χ1v) is 13.6. The average Bonchev–Trinajstić information content (AvgIpc) is 2.66. The zero-order valence-electron chi connectivity index (χ0n) is 19.2. The molecular formula is C23H49NO3S. The molecule has 0 aliphatic heterocycles. The molecular weight excluding hydrogens is 370 g/mol. The summed E-state index contributed by atoms with van der Waals surface area (Å²) in [6.45, 7) is 5.21. The second-order valence-corrected chi connectivity index (χ2v) is 10.2. The van der Waals surface area contributed by atoms with Crippen LogP contribution in [0.3, 0.4) is 0 Å². The van der Waals surface area contributed by atoms with Crippen molar-refractivity contribution in [1.82, 2.24) is 4.90 Å². The van der Waals surface area contributed by atoms with Crippen molar-refractivity contribution in [1.29, 1.82) is 0 Å². The molecule has 0 aliphatic rings. The van der Waals surface area contributed by atoms with Gasteiger partial charge >= 0.3 is 0 Å². The molecule has 0 unspecified atom stereocenters. The maximum Gasteiger partial charge on any atom is 0.268 e. The molecule has 0 saturated carbocycles. The number of unbranched alkanes of at least 4 members (excludes halogenated alkanes) is 15. The van der Waals surface area contributed by atoms with Crippen molar-refractivity contribution in [2.24, 2.45) is 0 Å².